The molecule has 14 heavy (non-hydrogen) atoms. The zero-order valence-electron chi connectivity index (χ0n) is 9.55. The zero-order valence-corrected chi connectivity index (χ0v) is 9.55. The first-order chi connectivity index (χ1) is 6.44. The van der Waals surface area contributed by atoms with Crippen LogP contribution in [0, 0.1) is 17.3 Å². The molecule has 2 atom stereocenters. The maximum atomic E-state index is 10.7. The molecule has 0 aromatic heterocycles. The van der Waals surface area contributed by atoms with Crippen LogP contribution in [0.4, 0.5) is 0 Å². The summed E-state index contributed by atoms with van der Waals surface area (Å²) in [6.07, 6.45) is 4.97. The Morgan fingerprint density at radius 1 is 1.43 bits per heavy atom. The summed E-state index contributed by atoms with van der Waals surface area (Å²) in [6.45, 7) is 6.78. The summed E-state index contributed by atoms with van der Waals surface area (Å²) in [6, 6.07) is 0. The predicted molar refractivity (Wildman–Crippen MR) is 57.2 cm³/mol. The lowest BCUT2D eigenvalue weighted by Crippen LogP contribution is -2.30. The number of hydrogen-bond acceptors (Lipinski definition) is 1. The number of rotatable bonds is 3. The van der Waals surface area contributed by atoms with Gasteiger partial charge in [-0.25, -0.2) is 0 Å². The van der Waals surface area contributed by atoms with E-state index in [1.54, 1.807) is 0 Å². The third kappa shape index (κ3) is 3.00. The van der Waals surface area contributed by atoms with E-state index in [0.29, 0.717) is 23.7 Å². The second kappa shape index (κ2) is 4.33. The Labute approximate surface area is 86.7 Å². The molecule has 1 aliphatic rings. The topological polar surface area (TPSA) is 37.3 Å². The molecule has 1 saturated carbocycles. The third-order valence-electron chi connectivity index (χ3n) is 3.63. The van der Waals surface area contributed by atoms with E-state index in [0.717, 1.165) is 12.8 Å². The van der Waals surface area contributed by atoms with Gasteiger partial charge in [-0.1, -0.05) is 27.2 Å². The van der Waals surface area contributed by atoms with Gasteiger partial charge in [-0.05, 0) is 36.5 Å². The summed E-state index contributed by atoms with van der Waals surface area (Å²) >= 11 is 0. The molecule has 0 amide bonds. The fourth-order valence-corrected chi connectivity index (χ4v) is 2.76. The van der Waals surface area contributed by atoms with Crippen LogP contribution in [0.2, 0.25) is 0 Å². The molecule has 0 aromatic carbocycles. The lowest BCUT2D eigenvalue weighted by molar-refractivity contribution is -0.139. The largest absolute Gasteiger partial charge is 0.481 e. The van der Waals surface area contributed by atoms with Crippen LogP contribution in [0.3, 0.4) is 0 Å². The summed E-state index contributed by atoms with van der Waals surface area (Å²) in [5.41, 5.74) is 0.426. The van der Waals surface area contributed by atoms with Gasteiger partial charge in [0.15, 0.2) is 0 Å². The SMILES string of the molecule is CC[C@H]1CC(C)(C)CC[C@@H]1CC(=O)O. The van der Waals surface area contributed by atoms with Crippen molar-refractivity contribution in [1.29, 1.82) is 0 Å². The first-order valence-electron chi connectivity index (χ1n) is 5.66. The minimum atomic E-state index is -0.631. The van der Waals surface area contributed by atoms with Crippen molar-refractivity contribution in [2.45, 2.75) is 52.9 Å². The molecule has 1 fully saturated rings. The van der Waals surface area contributed by atoms with Crippen LogP contribution in [0.25, 0.3) is 0 Å². The fraction of sp³-hybridized carbons (Fsp3) is 0.917. The molecule has 1 rings (SSSR count). The van der Waals surface area contributed by atoms with E-state index in [1.165, 1.54) is 12.8 Å². The van der Waals surface area contributed by atoms with E-state index in [4.69, 9.17) is 5.11 Å². The van der Waals surface area contributed by atoms with Gasteiger partial charge in [0.1, 0.15) is 0 Å². The molecule has 0 bridgehead atoms. The second-order valence-electron chi connectivity index (χ2n) is 5.43. The van der Waals surface area contributed by atoms with E-state index in [2.05, 4.69) is 20.8 Å². The summed E-state index contributed by atoms with van der Waals surface area (Å²) in [4.78, 5) is 10.7. The van der Waals surface area contributed by atoms with E-state index in [-0.39, 0.29) is 0 Å². The van der Waals surface area contributed by atoms with Crippen LogP contribution >= 0.6 is 0 Å². The highest BCUT2D eigenvalue weighted by Crippen LogP contribution is 2.44. The number of carboxylic acid groups (broad SMARTS) is 1. The van der Waals surface area contributed by atoms with Crippen molar-refractivity contribution < 1.29 is 9.90 Å². The van der Waals surface area contributed by atoms with Gasteiger partial charge in [0.05, 0.1) is 0 Å². The first kappa shape index (κ1) is 11.5. The van der Waals surface area contributed by atoms with Gasteiger partial charge in [-0.15, -0.1) is 0 Å². The van der Waals surface area contributed by atoms with Gasteiger partial charge in [0, 0.05) is 6.42 Å². The summed E-state index contributed by atoms with van der Waals surface area (Å²) in [5.74, 6) is 0.411. The van der Waals surface area contributed by atoms with Crippen molar-refractivity contribution in [1.82, 2.24) is 0 Å². The molecule has 2 heteroatoms. The van der Waals surface area contributed by atoms with Crippen molar-refractivity contribution >= 4 is 5.97 Å². The van der Waals surface area contributed by atoms with Crippen molar-refractivity contribution in [3.05, 3.63) is 0 Å². The number of carboxylic acids is 1. The normalized spacial score (nSPS) is 31.4. The zero-order chi connectivity index (χ0) is 10.8. The lowest BCUT2D eigenvalue weighted by Gasteiger charge is -2.40. The van der Waals surface area contributed by atoms with Gasteiger partial charge in [0.25, 0.3) is 0 Å². The molecular formula is C12H22O2. The summed E-state index contributed by atoms with van der Waals surface area (Å²) < 4.78 is 0. The van der Waals surface area contributed by atoms with E-state index >= 15 is 0 Å². The van der Waals surface area contributed by atoms with Gasteiger partial charge in [-0.2, -0.15) is 0 Å². The molecule has 82 valence electrons. The highest BCUT2D eigenvalue weighted by molar-refractivity contribution is 5.67. The maximum absolute atomic E-state index is 10.7. The monoisotopic (exact) mass is 198 g/mol. The Kier molecular flexibility index (Phi) is 3.57. The Balaban J connectivity index is 2.57. The number of carbonyl (C=O) groups is 1. The lowest BCUT2D eigenvalue weighted by atomic mass is 9.65. The maximum Gasteiger partial charge on any atom is 0.303 e. The average molecular weight is 198 g/mol. The van der Waals surface area contributed by atoms with E-state index in [9.17, 15) is 4.79 Å². The second-order valence-corrected chi connectivity index (χ2v) is 5.43. The first-order valence-corrected chi connectivity index (χ1v) is 5.66. The minimum Gasteiger partial charge on any atom is -0.481 e. The number of hydrogen-bond donors (Lipinski definition) is 1. The third-order valence-corrected chi connectivity index (χ3v) is 3.63. The molecule has 0 aliphatic heterocycles. The van der Waals surface area contributed by atoms with Crippen molar-refractivity contribution in [2.24, 2.45) is 17.3 Å². The van der Waals surface area contributed by atoms with Crippen molar-refractivity contribution in [3.8, 4) is 0 Å². The van der Waals surface area contributed by atoms with E-state index in [1.807, 2.05) is 0 Å². The van der Waals surface area contributed by atoms with Crippen molar-refractivity contribution in [3.63, 3.8) is 0 Å². The molecule has 0 unspecified atom stereocenters. The van der Waals surface area contributed by atoms with Crippen LogP contribution in [-0.2, 0) is 4.79 Å². The standard InChI is InChI=1S/C12H22O2/c1-4-9-8-12(2,3)6-5-10(9)7-11(13)14/h9-10H,4-8H2,1-3H3,(H,13,14)/t9-,10+/m0/s1. The van der Waals surface area contributed by atoms with Gasteiger partial charge in [0.2, 0.25) is 0 Å². The average Bonchev–Trinajstić information content (AvgIpc) is 2.07. The molecule has 0 spiro atoms. The smallest absolute Gasteiger partial charge is 0.303 e. The molecule has 0 radical (unpaired) electrons. The Bertz CT molecular complexity index is 208. The van der Waals surface area contributed by atoms with Crippen molar-refractivity contribution in [2.75, 3.05) is 0 Å². The Morgan fingerprint density at radius 2 is 2.07 bits per heavy atom. The number of aliphatic carboxylic acids is 1. The summed E-state index contributed by atoms with van der Waals surface area (Å²) in [7, 11) is 0. The van der Waals surface area contributed by atoms with Crippen LogP contribution in [-0.4, -0.2) is 11.1 Å². The fourth-order valence-electron chi connectivity index (χ4n) is 2.76. The molecule has 1 N–H and O–H groups in total. The van der Waals surface area contributed by atoms with Gasteiger partial charge >= 0.3 is 5.97 Å². The molecular weight excluding hydrogens is 176 g/mol. The molecule has 0 aromatic rings. The highest BCUT2D eigenvalue weighted by Gasteiger charge is 2.34. The molecule has 0 heterocycles. The summed E-state index contributed by atoms with van der Waals surface area (Å²) in [5, 5.41) is 8.81. The van der Waals surface area contributed by atoms with Crippen LogP contribution in [0.5, 0.6) is 0 Å². The quantitative estimate of drug-likeness (QED) is 0.755. The van der Waals surface area contributed by atoms with Gasteiger partial charge < -0.3 is 5.11 Å². The van der Waals surface area contributed by atoms with Crippen LogP contribution in [0.1, 0.15) is 52.9 Å². The van der Waals surface area contributed by atoms with E-state index < -0.39 is 5.97 Å². The Hall–Kier alpha value is -0.530. The highest BCUT2D eigenvalue weighted by atomic mass is 16.4. The van der Waals surface area contributed by atoms with Crippen LogP contribution in [0.15, 0.2) is 0 Å². The molecule has 1 aliphatic carbocycles. The molecule has 2 nitrogen and oxygen atoms in total. The van der Waals surface area contributed by atoms with Crippen LogP contribution < -0.4 is 0 Å². The molecule has 0 saturated heterocycles. The minimum absolute atomic E-state index is 0.370. The van der Waals surface area contributed by atoms with Gasteiger partial charge in [-0.3, -0.25) is 4.79 Å². The Morgan fingerprint density at radius 3 is 2.57 bits per heavy atom. The predicted octanol–water partition coefficient (Wildman–Crippen LogP) is 3.31.